The van der Waals surface area contributed by atoms with Crippen LogP contribution in [0.1, 0.15) is 49.5 Å². The Bertz CT molecular complexity index is 1270. The molecule has 0 saturated heterocycles. The van der Waals surface area contributed by atoms with Crippen LogP contribution in [0.2, 0.25) is 0 Å². The lowest BCUT2D eigenvalue weighted by Crippen LogP contribution is -2.48. The van der Waals surface area contributed by atoms with Crippen LogP contribution in [0, 0.1) is 5.92 Å². The highest BCUT2D eigenvalue weighted by molar-refractivity contribution is 9.10. The zero-order chi connectivity index (χ0) is 27.7. The zero-order valence-electron chi connectivity index (χ0n) is 22.3. The van der Waals surface area contributed by atoms with Gasteiger partial charge in [0.1, 0.15) is 5.75 Å². The van der Waals surface area contributed by atoms with Gasteiger partial charge in [0.05, 0.1) is 6.61 Å². The summed E-state index contributed by atoms with van der Waals surface area (Å²) < 4.78 is 13.1. The van der Waals surface area contributed by atoms with Gasteiger partial charge in [0.15, 0.2) is 11.6 Å². The Kier molecular flexibility index (Phi) is 9.96. The highest BCUT2D eigenvalue weighted by Crippen LogP contribution is 2.43. The number of aliphatic hydroxyl groups is 1. The van der Waals surface area contributed by atoms with Crippen LogP contribution in [0.15, 0.2) is 94.4 Å². The smallest absolute Gasteiger partial charge is 0.252 e. The van der Waals surface area contributed by atoms with Crippen molar-refractivity contribution < 1.29 is 19.4 Å². The van der Waals surface area contributed by atoms with Gasteiger partial charge in [-0.2, -0.15) is 0 Å². The lowest BCUT2D eigenvalue weighted by molar-refractivity contribution is -0.129. The predicted octanol–water partition coefficient (Wildman–Crippen LogP) is 6.34. The normalized spacial score (nSPS) is 18.7. The van der Waals surface area contributed by atoms with E-state index < -0.39 is 11.6 Å². The molecule has 3 aromatic rings. The summed E-state index contributed by atoms with van der Waals surface area (Å²) in [6.45, 7) is 5.20. The Labute approximate surface area is 238 Å². The molecule has 6 nitrogen and oxygen atoms in total. The van der Waals surface area contributed by atoms with Crippen molar-refractivity contribution in [3.8, 4) is 5.75 Å². The third-order valence-corrected chi connectivity index (χ3v) is 6.94. The van der Waals surface area contributed by atoms with Gasteiger partial charge in [-0.1, -0.05) is 84.4 Å². The molecular weight excluding hydrogens is 556 g/mol. The summed E-state index contributed by atoms with van der Waals surface area (Å²) in [5, 5.41) is 12.1. The lowest BCUT2D eigenvalue weighted by Gasteiger charge is -2.30. The largest absolute Gasteiger partial charge is 0.494 e. The first-order valence-corrected chi connectivity index (χ1v) is 14.1. The Morgan fingerprint density at radius 2 is 1.82 bits per heavy atom. The van der Waals surface area contributed by atoms with Crippen LogP contribution in [0.4, 0.5) is 0 Å². The van der Waals surface area contributed by atoms with Crippen molar-refractivity contribution >= 4 is 33.8 Å². The summed E-state index contributed by atoms with van der Waals surface area (Å²) in [7, 11) is 0. The second kappa shape index (κ2) is 13.6. The minimum absolute atomic E-state index is 0.0832. The number of carbonyl (C=O) groups excluding carboxylic acids is 1. The minimum atomic E-state index is -1.19. The number of hydrogen-bond acceptors (Lipinski definition) is 5. The van der Waals surface area contributed by atoms with Gasteiger partial charge in [-0.05, 0) is 53.4 Å². The molecule has 7 heteroatoms. The first-order valence-electron chi connectivity index (χ1n) is 13.3. The first-order chi connectivity index (χ1) is 18.9. The van der Waals surface area contributed by atoms with Crippen LogP contribution in [0.3, 0.4) is 0 Å². The molecule has 0 saturated carbocycles. The number of aliphatic imine (C=N–C) groups is 1. The molecule has 3 aromatic carbocycles. The molecule has 204 valence electrons. The van der Waals surface area contributed by atoms with Gasteiger partial charge in [0.2, 0.25) is 5.90 Å². The fraction of sp³-hybridized carbons (Fsp3) is 0.312. The molecule has 1 heterocycles. The second-order valence-corrected chi connectivity index (χ2v) is 10.9. The topological polar surface area (TPSA) is 80.2 Å². The number of hydrogen-bond donors (Lipinski definition) is 2. The van der Waals surface area contributed by atoms with Crippen LogP contribution >= 0.6 is 15.9 Å². The molecule has 0 spiro atoms. The number of nitrogens with one attached hydrogen (secondary N) is 1. The molecule has 0 aromatic heterocycles. The van der Waals surface area contributed by atoms with Crippen LogP contribution < -0.4 is 10.1 Å². The van der Waals surface area contributed by atoms with E-state index in [2.05, 4.69) is 35.1 Å². The molecule has 1 aliphatic rings. The Morgan fingerprint density at radius 1 is 1.10 bits per heavy atom. The number of halogens is 1. The lowest BCUT2D eigenvalue weighted by atomic mass is 9.84. The maximum atomic E-state index is 14.0. The molecule has 39 heavy (non-hydrogen) atoms. The Hall–Kier alpha value is -3.42. The van der Waals surface area contributed by atoms with Crippen LogP contribution in [0.25, 0.3) is 6.08 Å². The molecule has 0 aliphatic carbocycles. The highest BCUT2D eigenvalue weighted by Gasteiger charge is 2.52. The SMILES string of the molecule is CC(C)CNC(=O)[C@]1(C/C=C/c2ccccc2)N=C(c2ccc(OCCCO)cc2)O[C@@H]1c1ccc(Br)cc1. The standard InChI is InChI=1S/C32H35BrN2O4/c1-23(2)22-34-31(37)32(19-6-10-24-8-4-3-5-9-24)29(25-11-15-27(33)16-12-25)39-30(35-32)26-13-17-28(18-14-26)38-21-7-20-36/h3-6,8-18,23,29,36H,7,19-22H2,1-2H3,(H,34,37)/b10-6+/t29-,32-/m1/s1. The third-order valence-electron chi connectivity index (χ3n) is 6.41. The second-order valence-electron chi connectivity index (χ2n) is 9.96. The van der Waals surface area contributed by atoms with Gasteiger partial charge in [0, 0.05) is 36.0 Å². The van der Waals surface area contributed by atoms with E-state index in [0.29, 0.717) is 43.6 Å². The van der Waals surface area contributed by atoms with Crippen molar-refractivity contribution in [2.45, 2.75) is 38.3 Å². The summed E-state index contributed by atoms with van der Waals surface area (Å²) in [5.74, 6) is 1.24. The summed E-state index contributed by atoms with van der Waals surface area (Å²) in [4.78, 5) is 19.0. The number of benzene rings is 3. The highest BCUT2D eigenvalue weighted by atomic mass is 79.9. The molecule has 1 amide bonds. The molecule has 0 bridgehead atoms. The third kappa shape index (κ3) is 7.37. The summed E-state index contributed by atoms with van der Waals surface area (Å²) in [6.07, 6.45) is 4.33. The zero-order valence-corrected chi connectivity index (χ0v) is 23.9. The molecule has 2 N–H and O–H groups in total. The van der Waals surface area contributed by atoms with Crippen molar-refractivity contribution in [2.75, 3.05) is 19.8 Å². The van der Waals surface area contributed by atoms with Gasteiger partial charge in [-0.25, -0.2) is 4.99 Å². The van der Waals surface area contributed by atoms with E-state index in [4.69, 9.17) is 19.6 Å². The minimum Gasteiger partial charge on any atom is -0.494 e. The quantitative estimate of drug-likeness (QED) is 0.241. The molecule has 1 aliphatic heterocycles. The average molecular weight is 592 g/mol. The number of ether oxygens (including phenoxy) is 2. The van der Waals surface area contributed by atoms with Gasteiger partial charge in [0.25, 0.3) is 5.91 Å². The molecule has 0 radical (unpaired) electrons. The average Bonchev–Trinajstić information content (AvgIpc) is 3.34. The molecule has 4 rings (SSSR count). The monoisotopic (exact) mass is 590 g/mol. The summed E-state index contributed by atoms with van der Waals surface area (Å²) >= 11 is 3.51. The molecule has 0 unspecified atom stereocenters. The van der Waals surface area contributed by atoms with E-state index in [9.17, 15) is 4.79 Å². The van der Waals surface area contributed by atoms with Gasteiger partial charge >= 0.3 is 0 Å². The maximum absolute atomic E-state index is 14.0. The van der Waals surface area contributed by atoms with Crippen molar-refractivity contribution in [1.29, 1.82) is 0 Å². The van der Waals surface area contributed by atoms with Crippen LogP contribution in [-0.4, -0.2) is 42.2 Å². The van der Waals surface area contributed by atoms with Crippen LogP contribution in [0.5, 0.6) is 5.75 Å². The molecule has 2 atom stereocenters. The van der Waals surface area contributed by atoms with Gasteiger partial charge in [-0.3, -0.25) is 4.79 Å². The fourth-order valence-corrected chi connectivity index (χ4v) is 4.61. The van der Waals surface area contributed by atoms with Crippen LogP contribution in [-0.2, 0) is 9.53 Å². The van der Waals surface area contributed by atoms with Gasteiger partial charge in [-0.15, -0.1) is 0 Å². The summed E-state index contributed by atoms with van der Waals surface area (Å²) in [6, 6.07) is 25.3. The molecule has 0 fully saturated rings. The van der Waals surface area contributed by atoms with E-state index >= 15 is 0 Å². The number of rotatable bonds is 12. The van der Waals surface area contributed by atoms with Gasteiger partial charge < -0.3 is 19.9 Å². The van der Waals surface area contributed by atoms with E-state index in [1.807, 2.05) is 91.0 Å². The number of aliphatic hydroxyl groups excluding tert-OH is 1. The van der Waals surface area contributed by atoms with E-state index in [1.54, 1.807) is 0 Å². The maximum Gasteiger partial charge on any atom is 0.252 e. The summed E-state index contributed by atoms with van der Waals surface area (Å²) in [5.41, 5.74) is 1.49. The first kappa shape index (κ1) is 28.6. The predicted molar refractivity (Wildman–Crippen MR) is 159 cm³/mol. The Morgan fingerprint density at radius 3 is 2.49 bits per heavy atom. The number of amides is 1. The fourth-order valence-electron chi connectivity index (χ4n) is 4.34. The van der Waals surface area contributed by atoms with Crippen molar-refractivity contribution in [1.82, 2.24) is 5.32 Å². The van der Waals surface area contributed by atoms with Crippen molar-refractivity contribution in [3.05, 3.63) is 106 Å². The number of carbonyl (C=O) groups is 1. The Balaban J connectivity index is 1.72. The van der Waals surface area contributed by atoms with Crippen molar-refractivity contribution in [3.63, 3.8) is 0 Å². The van der Waals surface area contributed by atoms with Crippen molar-refractivity contribution in [2.24, 2.45) is 10.9 Å². The van der Waals surface area contributed by atoms with E-state index in [-0.39, 0.29) is 12.5 Å². The van der Waals surface area contributed by atoms with E-state index in [0.717, 1.165) is 21.2 Å². The van der Waals surface area contributed by atoms with E-state index in [1.165, 1.54) is 0 Å². The number of nitrogens with zero attached hydrogens (tertiary/aromatic N) is 1. The molecular formula is C32H35BrN2O4.